The predicted octanol–water partition coefficient (Wildman–Crippen LogP) is 5.72. The highest BCUT2D eigenvalue weighted by Gasteiger charge is 2.36. The van der Waals surface area contributed by atoms with Crippen molar-refractivity contribution in [2.24, 2.45) is 0 Å². The first-order valence-electron chi connectivity index (χ1n) is 9.47. The van der Waals surface area contributed by atoms with Gasteiger partial charge in [-0.05, 0) is 61.2 Å². The summed E-state index contributed by atoms with van der Waals surface area (Å²) in [5.74, 6) is -0.847. The molecule has 1 fully saturated rings. The average Bonchev–Trinajstić information content (AvgIpc) is 3.32. The summed E-state index contributed by atoms with van der Waals surface area (Å²) < 4.78 is 19.0. The van der Waals surface area contributed by atoms with E-state index in [9.17, 15) is 18.8 Å². The zero-order chi connectivity index (χ0) is 22.8. The largest absolute Gasteiger partial charge is 0.457 e. The molecule has 0 radical (unpaired) electrons. The molecule has 0 bridgehead atoms. The highest BCUT2D eigenvalue weighted by atomic mass is 35.5. The van der Waals surface area contributed by atoms with Gasteiger partial charge < -0.3 is 9.73 Å². The van der Waals surface area contributed by atoms with Gasteiger partial charge in [-0.1, -0.05) is 29.3 Å². The highest BCUT2D eigenvalue weighted by Crippen LogP contribution is 2.33. The first-order chi connectivity index (χ1) is 15.3. The van der Waals surface area contributed by atoms with Gasteiger partial charge in [-0.25, -0.2) is 4.39 Å². The minimum Gasteiger partial charge on any atom is -0.457 e. The second-order valence-corrected chi connectivity index (χ2v) is 8.41. The first kappa shape index (κ1) is 21.9. The molecule has 3 aromatic rings. The topological polar surface area (TPSA) is 79.6 Å². The summed E-state index contributed by atoms with van der Waals surface area (Å²) >= 11 is 6.53. The van der Waals surface area contributed by atoms with Crippen molar-refractivity contribution in [2.75, 3.05) is 11.9 Å². The number of hydrogen-bond donors (Lipinski definition) is 1. The van der Waals surface area contributed by atoms with E-state index in [4.69, 9.17) is 16.0 Å². The van der Waals surface area contributed by atoms with Gasteiger partial charge in [0.2, 0.25) is 5.91 Å². The Kier molecular flexibility index (Phi) is 6.16. The maximum absolute atomic E-state index is 13.4. The standard InChI is InChI=1S/C23H16ClFN2O4S/c1-13-2-5-15(6-3-13)26-21(28)12-27-22(29)20(32-23(27)30)11-16-7-9-19(31-16)14-4-8-18(25)17(24)10-14/h2-11H,12H2,1H3,(H,26,28)/b20-11+. The van der Waals surface area contributed by atoms with Crippen molar-refractivity contribution < 1.29 is 23.2 Å². The van der Waals surface area contributed by atoms with Gasteiger partial charge in [-0.3, -0.25) is 19.3 Å². The van der Waals surface area contributed by atoms with Gasteiger partial charge in [0.25, 0.3) is 11.1 Å². The quantitative estimate of drug-likeness (QED) is 0.482. The van der Waals surface area contributed by atoms with Crippen LogP contribution in [0.15, 0.2) is 63.9 Å². The minimum absolute atomic E-state index is 0.0366. The van der Waals surface area contributed by atoms with Crippen molar-refractivity contribution in [1.29, 1.82) is 0 Å². The van der Waals surface area contributed by atoms with Crippen molar-refractivity contribution in [1.82, 2.24) is 4.90 Å². The fraction of sp³-hybridized carbons (Fsp3) is 0.0870. The van der Waals surface area contributed by atoms with Crippen molar-refractivity contribution in [3.63, 3.8) is 0 Å². The molecule has 6 nitrogen and oxygen atoms in total. The Morgan fingerprint density at radius 1 is 1.16 bits per heavy atom. The van der Waals surface area contributed by atoms with Gasteiger partial charge in [0.05, 0.1) is 9.93 Å². The van der Waals surface area contributed by atoms with Crippen LogP contribution in [0.3, 0.4) is 0 Å². The van der Waals surface area contributed by atoms with Crippen LogP contribution >= 0.6 is 23.4 Å². The van der Waals surface area contributed by atoms with Gasteiger partial charge in [0.15, 0.2) is 0 Å². The summed E-state index contributed by atoms with van der Waals surface area (Å²) in [5, 5.41) is 2.08. The number of benzene rings is 2. The number of amides is 3. The van der Waals surface area contributed by atoms with E-state index in [1.54, 1.807) is 24.3 Å². The van der Waals surface area contributed by atoms with Gasteiger partial charge in [0, 0.05) is 17.3 Å². The maximum atomic E-state index is 13.4. The summed E-state index contributed by atoms with van der Waals surface area (Å²) in [5.41, 5.74) is 2.19. The van der Waals surface area contributed by atoms with E-state index in [0.717, 1.165) is 22.2 Å². The molecule has 4 rings (SSSR count). The number of anilines is 1. The van der Waals surface area contributed by atoms with Crippen LogP contribution in [0.1, 0.15) is 11.3 Å². The Bertz CT molecular complexity index is 1250. The molecule has 162 valence electrons. The molecule has 0 aliphatic carbocycles. The molecule has 0 spiro atoms. The molecule has 1 aliphatic rings. The van der Waals surface area contributed by atoms with Crippen LogP contribution in [0, 0.1) is 12.7 Å². The molecule has 1 aliphatic heterocycles. The third-order valence-electron chi connectivity index (χ3n) is 4.61. The molecule has 0 unspecified atom stereocenters. The smallest absolute Gasteiger partial charge is 0.294 e. The number of imide groups is 1. The summed E-state index contributed by atoms with van der Waals surface area (Å²) in [6.45, 7) is 1.53. The van der Waals surface area contributed by atoms with E-state index in [2.05, 4.69) is 5.32 Å². The third kappa shape index (κ3) is 4.76. The molecule has 1 saturated heterocycles. The monoisotopic (exact) mass is 470 g/mol. The SMILES string of the molecule is Cc1ccc(NC(=O)CN2C(=O)S/C(=C/c3ccc(-c4ccc(F)c(Cl)c4)o3)C2=O)cc1. The van der Waals surface area contributed by atoms with E-state index in [1.165, 1.54) is 24.3 Å². The average molecular weight is 471 g/mol. The van der Waals surface area contributed by atoms with Crippen molar-refractivity contribution in [2.45, 2.75) is 6.92 Å². The molecule has 9 heteroatoms. The van der Waals surface area contributed by atoms with Crippen molar-refractivity contribution in [3.8, 4) is 11.3 Å². The molecule has 0 atom stereocenters. The van der Waals surface area contributed by atoms with E-state index in [0.29, 0.717) is 22.8 Å². The molecular formula is C23H16ClFN2O4S. The number of thioether (sulfide) groups is 1. The van der Waals surface area contributed by atoms with Crippen LogP contribution in [-0.2, 0) is 9.59 Å². The molecular weight excluding hydrogens is 455 g/mol. The third-order valence-corrected chi connectivity index (χ3v) is 5.81. The number of carbonyl (C=O) groups is 3. The van der Waals surface area contributed by atoms with Gasteiger partial charge in [0.1, 0.15) is 23.9 Å². The number of halogens is 2. The lowest BCUT2D eigenvalue weighted by molar-refractivity contribution is -0.127. The summed E-state index contributed by atoms with van der Waals surface area (Å²) in [7, 11) is 0. The Labute approximate surface area is 192 Å². The van der Waals surface area contributed by atoms with Gasteiger partial charge >= 0.3 is 0 Å². The number of nitrogens with one attached hydrogen (secondary N) is 1. The number of aryl methyl sites for hydroxylation is 1. The maximum Gasteiger partial charge on any atom is 0.294 e. The molecule has 32 heavy (non-hydrogen) atoms. The first-order valence-corrected chi connectivity index (χ1v) is 10.7. The van der Waals surface area contributed by atoms with Crippen molar-refractivity contribution in [3.05, 3.63) is 81.7 Å². The minimum atomic E-state index is -0.582. The van der Waals surface area contributed by atoms with Gasteiger partial charge in [-0.15, -0.1) is 0 Å². The molecule has 2 aromatic carbocycles. The predicted molar refractivity (Wildman–Crippen MR) is 122 cm³/mol. The van der Waals surface area contributed by atoms with Crippen LogP contribution in [0.2, 0.25) is 5.02 Å². The second-order valence-electron chi connectivity index (χ2n) is 7.01. The number of furan rings is 1. The van der Waals surface area contributed by atoms with E-state index in [-0.39, 0.29) is 9.93 Å². The summed E-state index contributed by atoms with van der Waals surface area (Å²) in [6.07, 6.45) is 1.43. The number of carbonyl (C=O) groups excluding carboxylic acids is 3. The van der Waals surface area contributed by atoms with E-state index in [1.807, 2.05) is 19.1 Å². The molecule has 2 heterocycles. The van der Waals surface area contributed by atoms with E-state index >= 15 is 0 Å². The Morgan fingerprint density at radius 3 is 2.62 bits per heavy atom. The zero-order valence-electron chi connectivity index (χ0n) is 16.7. The lowest BCUT2D eigenvalue weighted by Crippen LogP contribution is -2.36. The second kappa shape index (κ2) is 9.02. The Balaban J connectivity index is 1.45. The number of hydrogen-bond acceptors (Lipinski definition) is 5. The van der Waals surface area contributed by atoms with Crippen LogP contribution < -0.4 is 5.32 Å². The number of nitrogens with zero attached hydrogens (tertiary/aromatic N) is 1. The molecule has 0 saturated carbocycles. The normalized spacial score (nSPS) is 15.0. The molecule has 1 aromatic heterocycles. The summed E-state index contributed by atoms with van der Waals surface area (Å²) in [6, 6.07) is 14.6. The Morgan fingerprint density at radius 2 is 1.91 bits per heavy atom. The van der Waals surface area contributed by atoms with Crippen LogP contribution in [-0.4, -0.2) is 28.5 Å². The molecule has 3 amide bonds. The lowest BCUT2D eigenvalue weighted by atomic mass is 10.2. The molecule has 1 N–H and O–H groups in total. The zero-order valence-corrected chi connectivity index (χ0v) is 18.3. The van der Waals surface area contributed by atoms with Crippen molar-refractivity contribution >= 4 is 52.2 Å². The van der Waals surface area contributed by atoms with Crippen LogP contribution in [0.4, 0.5) is 14.9 Å². The van der Waals surface area contributed by atoms with Crippen LogP contribution in [0.5, 0.6) is 0 Å². The van der Waals surface area contributed by atoms with Gasteiger partial charge in [-0.2, -0.15) is 0 Å². The lowest BCUT2D eigenvalue weighted by Gasteiger charge is -2.12. The highest BCUT2D eigenvalue weighted by molar-refractivity contribution is 8.18. The summed E-state index contributed by atoms with van der Waals surface area (Å²) in [4.78, 5) is 38.2. The fourth-order valence-electron chi connectivity index (χ4n) is 2.98. The number of rotatable bonds is 5. The van der Waals surface area contributed by atoms with Crippen LogP contribution in [0.25, 0.3) is 17.4 Å². The Hall–Kier alpha value is -3.36. The van der Waals surface area contributed by atoms with E-state index < -0.39 is 29.4 Å². The fourth-order valence-corrected chi connectivity index (χ4v) is 3.98.